The molecule has 0 saturated heterocycles. The second kappa shape index (κ2) is 5.81. The summed E-state index contributed by atoms with van der Waals surface area (Å²) in [4.78, 5) is 12.6. The van der Waals surface area contributed by atoms with Gasteiger partial charge in [-0.1, -0.05) is 20.4 Å². The number of hydrogen-bond acceptors (Lipinski definition) is 2. The van der Waals surface area contributed by atoms with Gasteiger partial charge in [0, 0.05) is 25.2 Å². The molecule has 1 atom stereocenters. The van der Waals surface area contributed by atoms with Gasteiger partial charge in [-0.05, 0) is 12.8 Å². The second-order valence-corrected chi connectivity index (χ2v) is 3.10. The van der Waals surface area contributed by atoms with Crippen LogP contribution in [-0.2, 0) is 4.79 Å². The van der Waals surface area contributed by atoms with E-state index in [4.69, 9.17) is 0 Å². The van der Waals surface area contributed by atoms with Gasteiger partial charge in [-0.15, -0.1) is 0 Å². The number of rotatable bonds is 6. The molecule has 0 radical (unpaired) electrons. The molecule has 0 N–H and O–H groups in total. The molecule has 0 aliphatic carbocycles. The van der Waals surface area contributed by atoms with Crippen molar-refractivity contribution in [3.05, 3.63) is 12.3 Å². The molecule has 0 aliphatic heterocycles. The Morgan fingerprint density at radius 1 is 1.58 bits per heavy atom. The lowest BCUT2D eigenvalue weighted by Crippen LogP contribution is -2.25. The lowest BCUT2D eigenvalue weighted by atomic mass is 10.1. The van der Waals surface area contributed by atoms with Crippen LogP contribution in [0.1, 0.15) is 26.7 Å². The molecule has 0 amide bonds. The highest BCUT2D eigenvalue weighted by molar-refractivity contribution is 5.53. The molecule has 0 aromatic rings. The van der Waals surface area contributed by atoms with Crippen molar-refractivity contribution in [2.24, 2.45) is 5.92 Å². The van der Waals surface area contributed by atoms with E-state index in [0.29, 0.717) is 0 Å². The van der Waals surface area contributed by atoms with Gasteiger partial charge in [-0.2, -0.15) is 0 Å². The zero-order valence-corrected chi connectivity index (χ0v) is 8.34. The van der Waals surface area contributed by atoms with Crippen molar-refractivity contribution in [3.8, 4) is 0 Å². The molecular weight excluding hydrogens is 150 g/mol. The summed E-state index contributed by atoms with van der Waals surface area (Å²) in [6, 6.07) is 0. The fourth-order valence-corrected chi connectivity index (χ4v) is 1.02. The van der Waals surface area contributed by atoms with Gasteiger partial charge >= 0.3 is 0 Å². The van der Waals surface area contributed by atoms with Gasteiger partial charge in [0.25, 0.3) is 0 Å². The van der Waals surface area contributed by atoms with Gasteiger partial charge in [0.15, 0.2) is 0 Å². The van der Waals surface area contributed by atoms with Crippen LogP contribution in [-0.4, -0.2) is 24.8 Å². The molecule has 1 unspecified atom stereocenters. The summed E-state index contributed by atoms with van der Waals surface area (Å²) in [5, 5.41) is 0. The van der Waals surface area contributed by atoms with Crippen LogP contribution in [0.5, 0.6) is 0 Å². The van der Waals surface area contributed by atoms with Gasteiger partial charge < -0.3 is 9.69 Å². The predicted octanol–water partition coefficient (Wildman–Crippen LogP) is 2.07. The highest BCUT2D eigenvalue weighted by atomic mass is 16.1. The lowest BCUT2D eigenvalue weighted by molar-refractivity contribution is -0.111. The number of carbonyl (C=O) groups excluding carboxylic acids is 1. The highest BCUT2D eigenvalue weighted by Gasteiger charge is 2.08. The van der Waals surface area contributed by atoms with E-state index < -0.39 is 0 Å². The maximum atomic E-state index is 10.5. The summed E-state index contributed by atoms with van der Waals surface area (Å²) in [6.45, 7) is 8.80. The van der Waals surface area contributed by atoms with E-state index in [9.17, 15) is 4.79 Å². The average molecular weight is 169 g/mol. The quantitative estimate of drug-likeness (QED) is 0.567. The first-order chi connectivity index (χ1) is 5.65. The summed E-state index contributed by atoms with van der Waals surface area (Å²) in [7, 11) is 1.98. The van der Waals surface area contributed by atoms with Gasteiger partial charge in [-0.25, -0.2) is 0 Å². The van der Waals surface area contributed by atoms with Crippen LogP contribution in [0.2, 0.25) is 0 Å². The minimum absolute atomic E-state index is 0.151. The average Bonchev–Trinajstić information content (AvgIpc) is 2.12. The van der Waals surface area contributed by atoms with E-state index in [1.807, 2.05) is 14.0 Å². The van der Waals surface area contributed by atoms with Crippen molar-refractivity contribution in [2.75, 3.05) is 13.6 Å². The largest absolute Gasteiger partial charge is 0.378 e. The maximum Gasteiger partial charge on any atom is 0.124 e. The number of carbonyl (C=O) groups is 1. The molecule has 0 aromatic heterocycles. The van der Waals surface area contributed by atoms with Crippen LogP contribution < -0.4 is 0 Å². The summed E-state index contributed by atoms with van der Waals surface area (Å²) >= 11 is 0. The zero-order valence-electron chi connectivity index (χ0n) is 8.34. The van der Waals surface area contributed by atoms with Crippen molar-refractivity contribution >= 4 is 6.29 Å². The molecule has 2 nitrogen and oxygen atoms in total. The number of allylic oxidation sites excluding steroid dienone is 1. The Kier molecular flexibility index (Phi) is 5.43. The number of nitrogens with zero attached hydrogens (tertiary/aromatic N) is 1. The Bertz CT molecular complexity index is 154. The van der Waals surface area contributed by atoms with Crippen LogP contribution in [0, 0.1) is 5.92 Å². The third-order valence-corrected chi connectivity index (χ3v) is 2.17. The third kappa shape index (κ3) is 3.56. The smallest absolute Gasteiger partial charge is 0.124 e. The van der Waals surface area contributed by atoms with Crippen LogP contribution >= 0.6 is 0 Å². The van der Waals surface area contributed by atoms with Crippen LogP contribution in [0.3, 0.4) is 0 Å². The molecule has 0 bridgehead atoms. The van der Waals surface area contributed by atoms with Gasteiger partial charge in [0.2, 0.25) is 0 Å². The summed E-state index contributed by atoms with van der Waals surface area (Å²) < 4.78 is 0. The normalized spacial score (nSPS) is 12.2. The van der Waals surface area contributed by atoms with Gasteiger partial charge in [-0.3, -0.25) is 0 Å². The van der Waals surface area contributed by atoms with Crippen molar-refractivity contribution in [1.29, 1.82) is 0 Å². The highest BCUT2D eigenvalue weighted by Crippen LogP contribution is 2.07. The fraction of sp³-hybridized carbons (Fsp3) is 0.700. The van der Waals surface area contributed by atoms with Crippen molar-refractivity contribution in [2.45, 2.75) is 26.7 Å². The first-order valence-corrected chi connectivity index (χ1v) is 4.49. The van der Waals surface area contributed by atoms with E-state index >= 15 is 0 Å². The number of aldehydes is 1. The molecule has 0 heterocycles. The molecule has 0 spiro atoms. The van der Waals surface area contributed by atoms with Crippen molar-refractivity contribution in [3.63, 3.8) is 0 Å². The summed E-state index contributed by atoms with van der Waals surface area (Å²) in [5.74, 6) is 0.151. The molecule has 2 heteroatoms. The van der Waals surface area contributed by atoms with E-state index in [0.717, 1.165) is 31.4 Å². The van der Waals surface area contributed by atoms with Crippen molar-refractivity contribution < 1.29 is 4.79 Å². The summed E-state index contributed by atoms with van der Waals surface area (Å²) in [5.41, 5.74) is 1.09. The van der Waals surface area contributed by atoms with Crippen molar-refractivity contribution in [1.82, 2.24) is 4.90 Å². The van der Waals surface area contributed by atoms with Crippen LogP contribution in [0.25, 0.3) is 0 Å². The second-order valence-electron chi connectivity index (χ2n) is 3.10. The Balaban J connectivity index is 3.88. The molecule has 0 aliphatic rings. The molecule has 12 heavy (non-hydrogen) atoms. The van der Waals surface area contributed by atoms with Crippen LogP contribution in [0.15, 0.2) is 12.3 Å². The molecule has 0 saturated carbocycles. The Labute approximate surface area is 75.3 Å². The first kappa shape index (κ1) is 11.2. The minimum Gasteiger partial charge on any atom is -0.378 e. The monoisotopic (exact) mass is 169 g/mol. The topological polar surface area (TPSA) is 20.3 Å². The van der Waals surface area contributed by atoms with E-state index in [2.05, 4.69) is 18.4 Å². The van der Waals surface area contributed by atoms with E-state index in [-0.39, 0.29) is 5.92 Å². The Hall–Kier alpha value is -0.790. The van der Waals surface area contributed by atoms with Gasteiger partial charge in [0.1, 0.15) is 6.29 Å². The number of hydrogen-bond donors (Lipinski definition) is 0. The van der Waals surface area contributed by atoms with Crippen LogP contribution in [0.4, 0.5) is 0 Å². The molecule has 70 valence electrons. The zero-order chi connectivity index (χ0) is 9.56. The molecule has 0 aromatic carbocycles. The Morgan fingerprint density at radius 2 is 2.17 bits per heavy atom. The summed E-state index contributed by atoms with van der Waals surface area (Å²) in [6.07, 6.45) is 2.88. The molecular formula is C10H19NO. The fourth-order valence-electron chi connectivity index (χ4n) is 1.02. The molecule has 0 fully saturated rings. The van der Waals surface area contributed by atoms with E-state index in [1.54, 1.807) is 0 Å². The Morgan fingerprint density at radius 3 is 2.50 bits per heavy atom. The maximum absolute atomic E-state index is 10.5. The molecule has 0 rings (SSSR count). The van der Waals surface area contributed by atoms with E-state index in [1.165, 1.54) is 0 Å². The van der Waals surface area contributed by atoms with Gasteiger partial charge in [0.05, 0.1) is 0 Å². The third-order valence-electron chi connectivity index (χ3n) is 2.17. The predicted molar refractivity (Wildman–Crippen MR) is 51.9 cm³/mol. The minimum atomic E-state index is 0.151. The lowest BCUT2D eigenvalue weighted by Gasteiger charge is -2.23. The first-order valence-electron chi connectivity index (χ1n) is 4.49. The standard InChI is InChI=1S/C10H19NO/c1-5-9(3)11(4)7-10(6-2)8-12/h8,10H,3,5-7H2,1-2,4H3. The SMILES string of the molecule is C=C(CC)N(C)CC(C=O)CC.